The summed E-state index contributed by atoms with van der Waals surface area (Å²) in [6.07, 6.45) is 12.5. The van der Waals surface area contributed by atoms with Gasteiger partial charge in [-0.3, -0.25) is 4.90 Å². The highest BCUT2D eigenvalue weighted by Crippen LogP contribution is 2.41. The predicted molar refractivity (Wildman–Crippen MR) is 83.2 cm³/mol. The number of nitrogens with two attached hydrogens (primary N) is 1. The normalized spacial score (nSPS) is 34.1. The molecule has 2 heteroatoms. The molecule has 112 valence electrons. The highest BCUT2D eigenvalue weighted by atomic mass is 15.2. The van der Waals surface area contributed by atoms with E-state index in [0.29, 0.717) is 5.54 Å². The predicted octanol–water partition coefficient (Wildman–Crippen LogP) is 3.79. The summed E-state index contributed by atoms with van der Waals surface area (Å²) in [5.41, 5.74) is 6.57. The molecule has 2 aliphatic rings. The Morgan fingerprint density at radius 3 is 2.37 bits per heavy atom. The number of hydrogen-bond acceptors (Lipinski definition) is 2. The fourth-order valence-electron chi connectivity index (χ4n) is 4.46. The maximum atomic E-state index is 6.27. The average Bonchev–Trinajstić information content (AvgIpc) is 2.47. The number of hydrogen-bond donors (Lipinski definition) is 1. The molecule has 2 nitrogen and oxygen atoms in total. The summed E-state index contributed by atoms with van der Waals surface area (Å²) in [4.78, 5) is 2.71. The van der Waals surface area contributed by atoms with Gasteiger partial charge >= 0.3 is 0 Å². The lowest BCUT2D eigenvalue weighted by Gasteiger charge is -2.51. The second-order valence-corrected chi connectivity index (χ2v) is 7.43. The van der Waals surface area contributed by atoms with Gasteiger partial charge in [0.2, 0.25) is 0 Å². The summed E-state index contributed by atoms with van der Waals surface area (Å²) in [5.74, 6) is 1.69. The van der Waals surface area contributed by atoms with E-state index in [1.54, 1.807) is 0 Å². The van der Waals surface area contributed by atoms with Crippen LogP contribution in [0, 0.1) is 11.8 Å². The van der Waals surface area contributed by atoms with Gasteiger partial charge in [-0.15, -0.1) is 0 Å². The van der Waals surface area contributed by atoms with Crippen molar-refractivity contribution >= 4 is 0 Å². The first kappa shape index (κ1) is 15.3. The van der Waals surface area contributed by atoms with Gasteiger partial charge in [-0.25, -0.2) is 0 Å². The molecule has 0 amide bonds. The van der Waals surface area contributed by atoms with Crippen LogP contribution in [0.1, 0.15) is 71.6 Å². The quantitative estimate of drug-likeness (QED) is 0.838. The lowest BCUT2D eigenvalue weighted by atomic mass is 9.70. The number of likely N-dealkylation sites (N-methyl/N-ethyl adjacent to an activating group) is 1. The van der Waals surface area contributed by atoms with Crippen LogP contribution in [-0.4, -0.2) is 30.1 Å². The van der Waals surface area contributed by atoms with Gasteiger partial charge in [0.05, 0.1) is 0 Å². The highest BCUT2D eigenvalue weighted by Gasteiger charge is 2.41. The van der Waals surface area contributed by atoms with E-state index in [0.717, 1.165) is 24.4 Å². The van der Waals surface area contributed by atoms with Gasteiger partial charge in [-0.2, -0.15) is 0 Å². The van der Waals surface area contributed by atoms with Gasteiger partial charge in [0.25, 0.3) is 0 Å². The summed E-state index contributed by atoms with van der Waals surface area (Å²) in [7, 11) is 2.37. The highest BCUT2D eigenvalue weighted by molar-refractivity contribution is 4.98. The van der Waals surface area contributed by atoms with Crippen molar-refractivity contribution in [2.75, 3.05) is 13.6 Å². The van der Waals surface area contributed by atoms with E-state index in [1.807, 2.05) is 0 Å². The minimum absolute atomic E-state index is 0.301. The summed E-state index contributed by atoms with van der Waals surface area (Å²) >= 11 is 0. The number of nitrogens with zero attached hydrogens (tertiary/aromatic N) is 1. The van der Waals surface area contributed by atoms with Crippen LogP contribution in [0.5, 0.6) is 0 Å². The lowest BCUT2D eigenvalue weighted by Crippen LogP contribution is -2.58. The molecule has 2 unspecified atom stereocenters. The van der Waals surface area contributed by atoms with Gasteiger partial charge in [0, 0.05) is 18.1 Å². The van der Waals surface area contributed by atoms with Crippen LogP contribution in [0.2, 0.25) is 0 Å². The van der Waals surface area contributed by atoms with Crippen molar-refractivity contribution in [2.24, 2.45) is 17.6 Å². The van der Waals surface area contributed by atoms with Crippen molar-refractivity contribution in [1.29, 1.82) is 0 Å². The zero-order chi connectivity index (χ0) is 13.9. The molecule has 0 radical (unpaired) electrons. The van der Waals surface area contributed by atoms with E-state index in [9.17, 15) is 0 Å². The van der Waals surface area contributed by atoms with Crippen LogP contribution in [0.25, 0.3) is 0 Å². The van der Waals surface area contributed by atoms with E-state index >= 15 is 0 Å². The minimum atomic E-state index is 0.301. The molecule has 2 aliphatic carbocycles. The Balaban J connectivity index is 2.07. The molecular formula is C17H34N2. The van der Waals surface area contributed by atoms with Gasteiger partial charge in [0.1, 0.15) is 0 Å². The van der Waals surface area contributed by atoms with E-state index in [4.69, 9.17) is 5.73 Å². The SMILES string of the molecule is CC(C)C1CCCC(CN)(N(C)C2CCCCC2)C1. The Morgan fingerprint density at radius 2 is 1.79 bits per heavy atom. The molecule has 2 atom stereocenters. The molecule has 0 aromatic heterocycles. The van der Waals surface area contributed by atoms with E-state index in [2.05, 4.69) is 25.8 Å². The van der Waals surface area contributed by atoms with Crippen LogP contribution in [-0.2, 0) is 0 Å². The van der Waals surface area contributed by atoms with Crippen molar-refractivity contribution in [1.82, 2.24) is 4.90 Å². The van der Waals surface area contributed by atoms with Crippen LogP contribution in [0.15, 0.2) is 0 Å². The molecule has 0 saturated heterocycles. The Morgan fingerprint density at radius 1 is 1.11 bits per heavy atom. The van der Waals surface area contributed by atoms with Gasteiger partial charge in [0.15, 0.2) is 0 Å². The van der Waals surface area contributed by atoms with Gasteiger partial charge in [-0.1, -0.05) is 46.0 Å². The first-order valence-electron chi connectivity index (χ1n) is 8.52. The maximum Gasteiger partial charge on any atom is 0.0334 e. The molecule has 2 fully saturated rings. The summed E-state index contributed by atoms with van der Waals surface area (Å²) < 4.78 is 0. The molecule has 2 saturated carbocycles. The topological polar surface area (TPSA) is 29.3 Å². The summed E-state index contributed by atoms with van der Waals surface area (Å²) in [6, 6.07) is 0.795. The van der Waals surface area contributed by atoms with Crippen molar-refractivity contribution in [3.8, 4) is 0 Å². The molecule has 0 bridgehead atoms. The Bertz CT molecular complexity index is 270. The molecule has 2 rings (SSSR count). The zero-order valence-corrected chi connectivity index (χ0v) is 13.3. The van der Waals surface area contributed by atoms with Crippen molar-refractivity contribution < 1.29 is 0 Å². The fraction of sp³-hybridized carbons (Fsp3) is 1.00. The zero-order valence-electron chi connectivity index (χ0n) is 13.3. The van der Waals surface area contributed by atoms with Crippen LogP contribution in [0.3, 0.4) is 0 Å². The molecule has 0 heterocycles. The molecule has 0 aliphatic heterocycles. The molecule has 0 aromatic carbocycles. The van der Waals surface area contributed by atoms with Crippen molar-refractivity contribution in [3.63, 3.8) is 0 Å². The Kier molecular flexibility index (Phi) is 5.30. The smallest absolute Gasteiger partial charge is 0.0334 e. The van der Waals surface area contributed by atoms with Gasteiger partial charge in [-0.05, 0) is 44.6 Å². The van der Waals surface area contributed by atoms with Crippen LogP contribution in [0.4, 0.5) is 0 Å². The maximum absolute atomic E-state index is 6.27. The monoisotopic (exact) mass is 266 g/mol. The molecular weight excluding hydrogens is 232 g/mol. The summed E-state index contributed by atoms with van der Waals surface area (Å²) in [5, 5.41) is 0. The molecule has 0 spiro atoms. The second kappa shape index (κ2) is 6.58. The Hall–Kier alpha value is -0.0800. The molecule has 19 heavy (non-hydrogen) atoms. The lowest BCUT2D eigenvalue weighted by molar-refractivity contribution is 0.00373. The minimum Gasteiger partial charge on any atom is -0.329 e. The first-order chi connectivity index (χ1) is 9.09. The first-order valence-corrected chi connectivity index (χ1v) is 8.52. The molecule has 0 aromatic rings. The molecule has 2 N–H and O–H groups in total. The third kappa shape index (κ3) is 3.33. The van der Waals surface area contributed by atoms with E-state index in [1.165, 1.54) is 57.8 Å². The third-order valence-electron chi connectivity index (χ3n) is 6.05. The van der Waals surface area contributed by atoms with Crippen LogP contribution < -0.4 is 5.73 Å². The number of rotatable bonds is 4. The Labute approximate surface area is 120 Å². The second-order valence-electron chi connectivity index (χ2n) is 7.43. The van der Waals surface area contributed by atoms with Crippen molar-refractivity contribution in [2.45, 2.75) is 83.2 Å². The average molecular weight is 266 g/mol. The largest absolute Gasteiger partial charge is 0.329 e. The third-order valence-corrected chi connectivity index (χ3v) is 6.05. The van der Waals surface area contributed by atoms with Crippen LogP contribution >= 0.6 is 0 Å². The summed E-state index contributed by atoms with van der Waals surface area (Å²) in [6.45, 7) is 5.62. The van der Waals surface area contributed by atoms with Crippen molar-refractivity contribution in [3.05, 3.63) is 0 Å². The van der Waals surface area contributed by atoms with E-state index < -0.39 is 0 Å². The fourth-order valence-corrected chi connectivity index (χ4v) is 4.46. The van der Waals surface area contributed by atoms with E-state index in [-0.39, 0.29) is 0 Å². The standard InChI is InChI=1S/C17H34N2/c1-14(2)15-8-7-11-17(12-15,13-18)19(3)16-9-5-4-6-10-16/h14-16H,4-13,18H2,1-3H3. The van der Waals surface area contributed by atoms with Gasteiger partial charge < -0.3 is 5.73 Å².